The molecule has 0 radical (unpaired) electrons. The molecule has 0 fully saturated rings. The summed E-state index contributed by atoms with van der Waals surface area (Å²) >= 11 is 0. The monoisotopic (exact) mass is 312 g/mol. The van der Waals surface area contributed by atoms with E-state index in [1.165, 1.54) is 0 Å². The Labute approximate surface area is 133 Å². The molecular formula is C17H28O5. The average molecular weight is 312 g/mol. The zero-order valence-corrected chi connectivity index (χ0v) is 13.8. The van der Waals surface area contributed by atoms with Crippen LogP contribution in [0.25, 0.3) is 0 Å². The fourth-order valence-corrected chi connectivity index (χ4v) is 1.47. The molecule has 0 atom stereocenters. The van der Waals surface area contributed by atoms with Crippen LogP contribution in [0.4, 0.5) is 0 Å². The lowest BCUT2D eigenvalue weighted by atomic mass is 10.2. The predicted octanol–water partition coefficient (Wildman–Crippen LogP) is 3.19. The number of ether oxygens (including phenoxy) is 3. The van der Waals surface area contributed by atoms with Crippen LogP contribution in [-0.4, -0.2) is 38.4 Å². The molecule has 0 N–H and O–H groups in total. The van der Waals surface area contributed by atoms with Gasteiger partial charge in [-0.1, -0.05) is 13.2 Å². The standard InChI is InChI=1S/C17H28O5/c1-14(2)16(18)21-12-7-5-6-10-20-11-8-9-13-22-17(19)15(3)4/h1,3,5-13H2,2,4H3. The van der Waals surface area contributed by atoms with Crippen LogP contribution in [0.15, 0.2) is 24.3 Å². The molecule has 5 heteroatoms. The maximum Gasteiger partial charge on any atom is 0.333 e. The van der Waals surface area contributed by atoms with Crippen molar-refractivity contribution in [3.8, 4) is 0 Å². The van der Waals surface area contributed by atoms with Gasteiger partial charge in [0, 0.05) is 24.4 Å². The Balaban J connectivity index is 3.21. The summed E-state index contributed by atoms with van der Waals surface area (Å²) in [4.78, 5) is 22.2. The molecule has 0 amide bonds. The van der Waals surface area contributed by atoms with E-state index in [1.807, 2.05) is 0 Å². The van der Waals surface area contributed by atoms with Crippen LogP contribution in [0.3, 0.4) is 0 Å². The van der Waals surface area contributed by atoms with E-state index in [4.69, 9.17) is 14.2 Å². The van der Waals surface area contributed by atoms with E-state index < -0.39 is 0 Å². The molecule has 0 aromatic carbocycles. The molecule has 0 spiro atoms. The maximum absolute atomic E-state index is 11.1. The summed E-state index contributed by atoms with van der Waals surface area (Å²) in [5.41, 5.74) is 0.849. The van der Waals surface area contributed by atoms with Crippen molar-refractivity contribution in [1.29, 1.82) is 0 Å². The molecule has 0 heterocycles. The van der Waals surface area contributed by atoms with Crippen molar-refractivity contribution in [3.63, 3.8) is 0 Å². The number of esters is 2. The minimum atomic E-state index is -0.340. The molecule has 5 nitrogen and oxygen atoms in total. The molecule has 0 saturated heterocycles. The predicted molar refractivity (Wildman–Crippen MR) is 85.5 cm³/mol. The van der Waals surface area contributed by atoms with Crippen molar-refractivity contribution in [2.75, 3.05) is 26.4 Å². The van der Waals surface area contributed by atoms with Gasteiger partial charge < -0.3 is 14.2 Å². The minimum Gasteiger partial charge on any atom is -0.462 e. The summed E-state index contributed by atoms with van der Waals surface area (Å²) in [5.74, 6) is -0.670. The normalized spacial score (nSPS) is 10.1. The fraction of sp³-hybridized carbons (Fsp3) is 0.647. The number of unbranched alkanes of at least 4 members (excludes halogenated alkanes) is 3. The van der Waals surface area contributed by atoms with Crippen molar-refractivity contribution in [2.45, 2.75) is 46.0 Å². The first kappa shape index (κ1) is 20.4. The minimum absolute atomic E-state index is 0.330. The van der Waals surface area contributed by atoms with Gasteiger partial charge in [0.05, 0.1) is 13.2 Å². The molecule has 22 heavy (non-hydrogen) atoms. The van der Waals surface area contributed by atoms with Gasteiger partial charge in [-0.2, -0.15) is 0 Å². The van der Waals surface area contributed by atoms with Crippen LogP contribution in [0.2, 0.25) is 0 Å². The SMILES string of the molecule is C=C(C)C(=O)OCCCCCOCCCCOC(=O)C(=C)C. The number of carbonyl (C=O) groups excluding carboxylic acids is 2. The van der Waals surface area contributed by atoms with Crippen molar-refractivity contribution in [2.24, 2.45) is 0 Å². The van der Waals surface area contributed by atoms with Crippen LogP contribution in [0, 0.1) is 0 Å². The lowest BCUT2D eigenvalue weighted by Gasteiger charge is -2.06. The van der Waals surface area contributed by atoms with Gasteiger partial charge in [-0.25, -0.2) is 9.59 Å². The van der Waals surface area contributed by atoms with Gasteiger partial charge in [-0.05, 0) is 46.0 Å². The Morgan fingerprint density at radius 3 is 1.50 bits per heavy atom. The Kier molecular flexibility index (Phi) is 12.1. The Morgan fingerprint density at radius 2 is 1.05 bits per heavy atom. The second-order valence-electron chi connectivity index (χ2n) is 5.21. The Bertz CT molecular complexity index is 337. The third kappa shape index (κ3) is 12.1. The molecule has 126 valence electrons. The lowest BCUT2D eigenvalue weighted by Crippen LogP contribution is -2.07. The summed E-state index contributed by atoms with van der Waals surface area (Å²) < 4.78 is 15.4. The summed E-state index contributed by atoms with van der Waals surface area (Å²) in [7, 11) is 0. The van der Waals surface area contributed by atoms with E-state index in [2.05, 4.69) is 13.2 Å². The topological polar surface area (TPSA) is 61.8 Å². The highest BCUT2D eigenvalue weighted by Crippen LogP contribution is 2.01. The third-order valence-corrected chi connectivity index (χ3v) is 2.78. The van der Waals surface area contributed by atoms with Gasteiger partial charge in [-0.15, -0.1) is 0 Å². The smallest absolute Gasteiger partial charge is 0.333 e. The zero-order valence-electron chi connectivity index (χ0n) is 13.8. The van der Waals surface area contributed by atoms with Gasteiger partial charge in [0.15, 0.2) is 0 Å². The number of hydrogen-bond acceptors (Lipinski definition) is 5. The summed E-state index contributed by atoms with van der Waals surface area (Å²) in [6, 6.07) is 0. The second kappa shape index (κ2) is 13.1. The van der Waals surface area contributed by atoms with Crippen molar-refractivity contribution < 1.29 is 23.8 Å². The van der Waals surface area contributed by atoms with Crippen LogP contribution in [0.5, 0.6) is 0 Å². The average Bonchev–Trinajstić information content (AvgIpc) is 2.47. The van der Waals surface area contributed by atoms with Crippen molar-refractivity contribution in [1.82, 2.24) is 0 Å². The fourth-order valence-electron chi connectivity index (χ4n) is 1.47. The maximum atomic E-state index is 11.1. The van der Waals surface area contributed by atoms with E-state index in [0.717, 1.165) is 32.1 Å². The quantitative estimate of drug-likeness (QED) is 0.297. The summed E-state index contributed by atoms with van der Waals surface area (Å²) in [6.45, 7) is 12.5. The highest BCUT2D eigenvalue weighted by molar-refractivity contribution is 5.87. The Morgan fingerprint density at radius 1 is 0.682 bits per heavy atom. The van der Waals surface area contributed by atoms with E-state index in [-0.39, 0.29) is 11.9 Å². The van der Waals surface area contributed by atoms with Crippen LogP contribution in [0.1, 0.15) is 46.0 Å². The Hall–Kier alpha value is -1.62. The largest absolute Gasteiger partial charge is 0.462 e. The number of hydrogen-bond donors (Lipinski definition) is 0. The first-order valence-electron chi connectivity index (χ1n) is 7.68. The van der Waals surface area contributed by atoms with Crippen molar-refractivity contribution >= 4 is 11.9 Å². The van der Waals surface area contributed by atoms with Gasteiger partial charge in [-0.3, -0.25) is 0 Å². The molecule has 0 aliphatic heterocycles. The van der Waals surface area contributed by atoms with Crippen LogP contribution >= 0.6 is 0 Å². The molecule has 0 aromatic rings. The van der Waals surface area contributed by atoms with Gasteiger partial charge >= 0.3 is 11.9 Å². The molecule has 0 saturated carbocycles. The van der Waals surface area contributed by atoms with Gasteiger partial charge in [0.25, 0.3) is 0 Å². The lowest BCUT2D eigenvalue weighted by molar-refractivity contribution is -0.140. The first-order valence-corrected chi connectivity index (χ1v) is 7.68. The summed E-state index contributed by atoms with van der Waals surface area (Å²) in [6.07, 6.45) is 4.38. The van der Waals surface area contributed by atoms with Crippen molar-refractivity contribution in [3.05, 3.63) is 24.3 Å². The molecule has 0 aliphatic rings. The first-order chi connectivity index (χ1) is 10.4. The van der Waals surface area contributed by atoms with Gasteiger partial charge in [0.2, 0.25) is 0 Å². The third-order valence-electron chi connectivity index (χ3n) is 2.78. The molecule has 0 rings (SSSR count). The van der Waals surface area contributed by atoms with E-state index in [1.54, 1.807) is 13.8 Å². The molecule has 0 aromatic heterocycles. The zero-order chi connectivity index (χ0) is 16.8. The van der Waals surface area contributed by atoms with E-state index in [9.17, 15) is 9.59 Å². The van der Waals surface area contributed by atoms with E-state index >= 15 is 0 Å². The molecular weight excluding hydrogens is 284 g/mol. The van der Waals surface area contributed by atoms with Crippen LogP contribution in [-0.2, 0) is 23.8 Å². The summed E-state index contributed by atoms with van der Waals surface area (Å²) in [5, 5.41) is 0. The molecule has 0 bridgehead atoms. The number of carbonyl (C=O) groups is 2. The van der Waals surface area contributed by atoms with E-state index in [0.29, 0.717) is 37.6 Å². The molecule has 0 aliphatic carbocycles. The highest BCUT2D eigenvalue weighted by atomic mass is 16.5. The van der Waals surface area contributed by atoms with Gasteiger partial charge in [0.1, 0.15) is 0 Å². The molecule has 0 unspecified atom stereocenters. The van der Waals surface area contributed by atoms with Crippen LogP contribution < -0.4 is 0 Å². The number of rotatable bonds is 13. The highest BCUT2D eigenvalue weighted by Gasteiger charge is 2.02. The second-order valence-corrected chi connectivity index (χ2v) is 5.21.